The van der Waals surface area contributed by atoms with Gasteiger partial charge in [0.05, 0.1) is 24.2 Å². The maximum absolute atomic E-state index is 12.4. The van der Waals surface area contributed by atoms with E-state index in [0.717, 1.165) is 44.9 Å². The third-order valence-corrected chi connectivity index (χ3v) is 5.00. The monoisotopic (exact) mass is 288 g/mol. The number of nitrogens with two attached hydrogens (primary N) is 1. The fraction of sp³-hybridized carbons (Fsp3) is 0.929. The molecule has 0 aromatic rings. The van der Waals surface area contributed by atoms with Gasteiger partial charge in [-0.3, -0.25) is 4.79 Å². The molecule has 1 aliphatic carbocycles. The lowest BCUT2D eigenvalue weighted by Crippen LogP contribution is -2.55. The molecular formula is C14H25ClN2O2. The maximum Gasteiger partial charge on any atom is 0.225 e. The van der Waals surface area contributed by atoms with Crippen LogP contribution in [-0.4, -0.2) is 29.7 Å². The highest BCUT2D eigenvalue weighted by Crippen LogP contribution is 2.36. The largest absolute Gasteiger partial charge is 0.373 e. The minimum Gasteiger partial charge on any atom is -0.373 e. The molecule has 3 aliphatic rings. The van der Waals surface area contributed by atoms with Crippen LogP contribution < -0.4 is 11.1 Å². The summed E-state index contributed by atoms with van der Waals surface area (Å²) < 4.78 is 5.78. The number of amides is 1. The Morgan fingerprint density at radius 3 is 2.68 bits per heavy atom. The molecule has 110 valence electrons. The molecule has 2 aliphatic heterocycles. The van der Waals surface area contributed by atoms with E-state index in [4.69, 9.17) is 10.5 Å². The fourth-order valence-electron chi connectivity index (χ4n) is 3.86. The number of rotatable bonds is 2. The molecule has 4 nitrogen and oxygen atoms in total. The van der Waals surface area contributed by atoms with E-state index in [2.05, 4.69) is 5.32 Å². The number of ether oxygens (including phenoxy) is 1. The first-order chi connectivity index (χ1) is 8.56. The van der Waals surface area contributed by atoms with Gasteiger partial charge in [0.1, 0.15) is 0 Å². The van der Waals surface area contributed by atoms with E-state index in [9.17, 15) is 4.79 Å². The topological polar surface area (TPSA) is 64.4 Å². The summed E-state index contributed by atoms with van der Waals surface area (Å²) in [5, 5.41) is 3.19. The lowest BCUT2D eigenvalue weighted by atomic mass is 9.74. The number of fused-ring (bicyclic) bond motifs is 2. The lowest BCUT2D eigenvalue weighted by molar-refractivity contribution is -0.129. The predicted molar refractivity (Wildman–Crippen MR) is 76.2 cm³/mol. The second-order valence-corrected chi connectivity index (χ2v) is 6.53. The van der Waals surface area contributed by atoms with E-state index in [1.165, 1.54) is 0 Å². The summed E-state index contributed by atoms with van der Waals surface area (Å²) in [5.74, 6) is 0.131. The molecule has 2 bridgehead atoms. The number of halogens is 1. The summed E-state index contributed by atoms with van der Waals surface area (Å²) in [7, 11) is 0. The van der Waals surface area contributed by atoms with Crippen molar-refractivity contribution in [2.75, 3.05) is 0 Å². The standard InChI is InChI=1S/C14H24N2O2.ClH/c1-14(15)7-3-2-4-10(14)13(17)16-11-8-9-5-6-12(11)18-9;/h9-12H,2-8,15H2,1H3,(H,16,17);1H/t9-,10?,11-,12+,14?;/m1./s1. The van der Waals surface area contributed by atoms with Crippen LogP contribution >= 0.6 is 12.4 Å². The number of carbonyl (C=O) groups is 1. The van der Waals surface area contributed by atoms with Crippen LogP contribution in [0.2, 0.25) is 0 Å². The maximum atomic E-state index is 12.4. The van der Waals surface area contributed by atoms with Crippen molar-refractivity contribution in [2.45, 2.75) is 75.7 Å². The van der Waals surface area contributed by atoms with Crippen LogP contribution in [0.5, 0.6) is 0 Å². The van der Waals surface area contributed by atoms with Crippen molar-refractivity contribution >= 4 is 18.3 Å². The van der Waals surface area contributed by atoms with Crippen molar-refractivity contribution in [1.82, 2.24) is 5.32 Å². The van der Waals surface area contributed by atoms with Crippen molar-refractivity contribution < 1.29 is 9.53 Å². The van der Waals surface area contributed by atoms with E-state index in [1.807, 2.05) is 6.92 Å². The smallest absolute Gasteiger partial charge is 0.225 e. The number of carbonyl (C=O) groups excluding carboxylic acids is 1. The minimum absolute atomic E-state index is 0. The van der Waals surface area contributed by atoms with E-state index in [-0.39, 0.29) is 41.9 Å². The average molecular weight is 289 g/mol. The Hall–Kier alpha value is -0.320. The highest BCUT2D eigenvalue weighted by Gasteiger charge is 2.44. The Kier molecular flexibility index (Phi) is 4.43. The molecule has 5 heteroatoms. The molecule has 3 N–H and O–H groups in total. The van der Waals surface area contributed by atoms with Gasteiger partial charge in [-0.05, 0) is 39.0 Å². The first-order valence-electron chi connectivity index (χ1n) is 7.31. The zero-order valence-corrected chi connectivity index (χ0v) is 12.4. The summed E-state index contributed by atoms with van der Waals surface area (Å²) in [5.41, 5.74) is 5.95. The summed E-state index contributed by atoms with van der Waals surface area (Å²) >= 11 is 0. The normalized spacial score (nSPS) is 44.7. The van der Waals surface area contributed by atoms with Crippen molar-refractivity contribution in [3.8, 4) is 0 Å². The van der Waals surface area contributed by atoms with Gasteiger partial charge in [0.25, 0.3) is 0 Å². The molecule has 5 atom stereocenters. The van der Waals surface area contributed by atoms with Gasteiger partial charge in [0, 0.05) is 5.54 Å². The zero-order chi connectivity index (χ0) is 12.8. The molecule has 2 unspecified atom stereocenters. The molecule has 19 heavy (non-hydrogen) atoms. The Labute approximate surface area is 121 Å². The SMILES string of the molecule is CC1(N)CCCCC1C(=O)N[C@@H]1C[C@H]2CC[C@@H]1O2.Cl. The second-order valence-electron chi connectivity index (χ2n) is 6.53. The molecule has 3 fully saturated rings. The Balaban J connectivity index is 0.00000133. The Bertz CT molecular complexity index is 348. The van der Waals surface area contributed by atoms with Crippen LogP contribution in [0.4, 0.5) is 0 Å². The molecule has 1 saturated carbocycles. The first kappa shape index (κ1) is 15.1. The predicted octanol–water partition coefficient (Wildman–Crippen LogP) is 1.75. The van der Waals surface area contributed by atoms with Gasteiger partial charge in [0.15, 0.2) is 0 Å². The molecule has 2 heterocycles. The fourth-order valence-corrected chi connectivity index (χ4v) is 3.86. The van der Waals surface area contributed by atoms with Gasteiger partial charge in [-0.15, -0.1) is 12.4 Å². The van der Waals surface area contributed by atoms with Gasteiger partial charge in [-0.2, -0.15) is 0 Å². The molecule has 0 spiro atoms. The summed E-state index contributed by atoms with van der Waals surface area (Å²) in [6.45, 7) is 2.02. The first-order valence-corrected chi connectivity index (χ1v) is 7.31. The van der Waals surface area contributed by atoms with Gasteiger partial charge < -0.3 is 15.8 Å². The van der Waals surface area contributed by atoms with E-state index in [1.54, 1.807) is 0 Å². The summed E-state index contributed by atoms with van der Waals surface area (Å²) in [6, 6.07) is 0.231. The van der Waals surface area contributed by atoms with Crippen LogP contribution in [0, 0.1) is 5.92 Å². The Morgan fingerprint density at radius 1 is 1.32 bits per heavy atom. The van der Waals surface area contributed by atoms with Crippen LogP contribution in [0.1, 0.15) is 51.9 Å². The molecule has 0 aromatic heterocycles. The van der Waals surface area contributed by atoms with Crippen molar-refractivity contribution in [3.05, 3.63) is 0 Å². The van der Waals surface area contributed by atoms with Gasteiger partial charge in [0.2, 0.25) is 5.91 Å². The third-order valence-electron chi connectivity index (χ3n) is 5.00. The minimum atomic E-state index is -0.333. The van der Waals surface area contributed by atoms with Gasteiger partial charge in [-0.25, -0.2) is 0 Å². The van der Waals surface area contributed by atoms with E-state index in [0.29, 0.717) is 6.10 Å². The second kappa shape index (κ2) is 5.58. The van der Waals surface area contributed by atoms with Crippen molar-refractivity contribution in [2.24, 2.45) is 11.7 Å². The van der Waals surface area contributed by atoms with E-state index >= 15 is 0 Å². The van der Waals surface area contributed by atoms with Gasteiger partial charge >= 0.3 is 0 Å². The molecule has 3 rings (SSSR count). The summed E-state index contributed by atoms with van der Waals surface area (Å²) in [4.78, 5) is 12.4. The highest BCUT2D eigenvalue weighted by atomic mass is 35.5. The molecule has 0 radical (unpaired) electrons. The number of hydrogen-bond acceptors (Lipinski definition) is 3. The average Bonchev–Trinajstić information content (AvgIpc) is 2.90. The highest BCUT2D eigenvalue weighted by molar-refractivity contribution is 5.85. The zero-order valence-electron chi connectivity index (χ0n) is 11.6. The molecular weight excluding hydrogens is 264 g/mol. The third kappa shape index (κ3) is 2.91. The molecule has 1 amide bonds. The van der Waals surface area contributed by atoms with E-state index < -0.39 is 0 Å². The van der Waals surface area contributed by atoms with Crippen molar-refractivity contribution in [3.63, 3.8) is 0 Å². The van der Waals surface area contributed by atoms with Crippen LogP contribution in [-0.2, 0) is 9.53 Å². The van der Waals surface area contributed by atoms with Crippen molar-refractivity contribution in [1.29, 1.82) is 0 Å². The Morgan fingerprint density at radius 2 is 2.11 bits per heavy atom. The quantitative estimate of drug-likeness (QED) is 0.814. The number of hydrogen-bond donors (Lipinski definition) is 2. The van der Waals surface area contributed by atoms with Crippen LogP contribution in [0.15, 0.2) is 0 Å². The molecule has 2 saturated heterocycles. The van der Waals surface area contributed by atoms with Crippen LogP contribution in [0.3, 0.4) is 0 Å². The number of nitrogens with one attached hydrogen (secondary N) is 1. The van der Waals surface area contributed by atoms with Gasteiger partial charge in [-0.1, -0.05) is 12.8 Å². The van der Waals surface area contributed by atoms with Crippen LogP contribution in [0.25, 0.3) is 0 Å². The molecule has 0 aromatic carbocycles. The summed E-state index contributed by atoms with van der Waals surface area (Å²) in [6.07, 6.45) is 8.05. The lowest BCUT2D eigenvalue weighted by Gasteiger charge is -2.38.